The van der Waals surface area contributed by atoms with Gasteiger partial charge in [-0.1, -0.05) is 29.5 Å². The summed E-state index contributed by atoms with van der Waals surface area (Å²) in [6, 6.07) is 9.92. The van der Waals surface area contributed by atoms with Crippen molar-refractivity contribution in [1.29, 1.82) is 0 Å². The smallest absolute Gasteiger partial charge is 0.270 e. The number of carbonyl (C=O) groups is 1. The molecule has 0 saturated carbocycles. The average Bonchev–Trinajstić information content (AvgIpc) is 3.32. The topological polar surface area (TPSA) is 42.4 Å². The van der Waals surface area contributed by atoms with Crippen LogP contribution in [-0.4, -0.2) is 30.1 Å². The summed E-state index contributed by atoms with van der Waals surface area (Å²) in [5.41, 5.74) is 2.12. The number of thiazole rings is 1. The lowest BCUT2D eigenvalue weighted by atomic mass is 10.2. The number of hydrogen-bond donors (Lipinski definition) is 0. The zero-order valence-electron chi connectivity index (χ0n) is 13.4. The minimum absolute atomic E-state index is 0.0113. The molecule has 0 aliphatic carbocycles. The minimum Gasteiger partial charge on any atom is -0.376 e. The SMILES string of the molecule is Cc1cccc2sc(N(CC3CCCO3)C(=O)c3cccs3)nc12. The van der Waals surface area contributed by atoms with Gasteiger partial charge in [-0.25, -0.2) is 4.98 Å². The normalized spacial score (nSPS) is 17.5. The molecule has 3 aromatic rings. The number of anilines is 1. The fraction of sp³-hybridized carbons (Fsp3) is 0.333. The summed E-state index contributed by atoms with van der Waals surface area (Å²) >= 11 is 3.04. The molecule has 124 valence electrons. The van der Waals surface area contributed by atoms with Crippen LogP contribution in [0, 0.1) is 6.92 Å². The molecule has 1 saturated heterocycles. The lowest BCUT2D eigenvalue weighted by molar-refractivity contribution is 0.0920. The van der Waals surface area contributed by atoms with Gasteiger partial charge in [0.1, 0.15) is 0 Å². The van der Waals surface area contributed by atoms with Crippen LogP contribution in [0.1, 0.15) is 28.1 Å². The van der Waals surface area contributed by atoms with Crippen LogP contribution in [0.3, 0.4) is 0 Å². The van der Waals surface area contributed by atoms with E-state index in [1.54, 1.807) is 16.2 Å². The van der Waals surface area contributed by atoms with Crippen LogP contribution < -0.4 is 4.90 Å². The first-order chi connectivity index (χ1) is 11.7. The standard InChI is InChI=1S/C18H18N2O2S2/c1-12-5-2-7-14-16(12)19-18(24-14)20(11-13-6-3-9-22-13)17(21)15-8-4-10-23-15/h2,4-5,7-8,10,13H,3,6,9,11H2,1H3. The second kappa shape index (κ2) is 6.63. The fourth-order valence-electron chi connectivity index (χ4n) is 2.96. The van der Waals surface area contributed by atoms with Gasteiger partial charge >= 0.3 is 0 Å². The number of fused-ring (bicyclic) bond motifs is 1. The minimum atomic E-state index is 0.0113. The van der Waals surface area contributed by atoms with Crippen molar-refractivity contribution in [2.24, 2.45) is 0 Å². The fourth-order valence-corrected chi connectivity index (χ4v) is 4.69. The Labute approximate surface area is 148 Å². The summed E-state index contributed by atoms with van der Waals surface area (Å²) in [7, 11) is 0. The van der Waals surface area contributed by atoms with Crippen LogP contribution >= 0.6 is 22.7 Å². The van der Waals surface area contributed by atoms with E-state index in [4.69, 9.17) is 9.72 Å². The molecule has 1 aliphatic heterocycles. The Morgan fingerprint density at radius 1 is 1.38 bits per heavy atom. The largest absolute Gasteiger partial charge is 0.376 e. The molecular weight excluding hydrogens is 340 g/mol. The maximum Gasteiger partial charge on any atom is 0.270 e. The van der Waals surface area contributed by atoms with Gasteiger partial charge in [0.15, 0.2) is 5.13 Å². The summed E-state index contributed by atoms with van der Waals surface area (Å²) in [5.74, 6) is 0.0113. The van der Waals surface area contributed by atoms with Crippen LogP contribution in [0.25, 0.3) is 10.2 Å². The van der Waals surface area contributed by atoms with Gasteiger partial charge < -0.3 is 4.74 Å². The van der Waals surface area contributed by atoms with Crippen LogP contribution in [0.2, 0.25) is 0 Å². The van der Waals surface area contributed by atoms with Gasteiger partial charge in [0.2, 0.25) is 0 Å². The van der Waals surface area contributed by atoms with E-state index in [-0.39, 0.29) is 12.0 Å². The number of para-hydroxylation sites is 1. The van der Waals surface area contributed by atoms with Crippen LogP contribution in [0.15, 0.2) is 35.7 Å². The van der Waals surface area contributed by atoms with Crippen molar-refractivity contribution < 1.29 is 9.53 Å². The molecule has 0 N–H and O–H groups in total. The summed E-state index contributed by atoms with van der Waals surface area (Å²) in [6.07, 6.45) is 2.16. The van der Waals surface area contributed by atoms with E-state index >= 15 is 0 Å². The van der Waals surface area contributed by atoms with Crippen LogP contribution in [0.4, 0.5) is 5.13 Å². The summed E-state index contributed by atoms with van der Waals surface area (Å²) in [6.45, 7) is 3.40. The highest BCUT2D eigenvalue weighted by Crippen LogP contribution is 2.32. The summed E-state index contributed by atoms with van der Waals surface area (Å²) in [4.78, 5) is 20.3. The van der Waals surface area contributed by atoms with E-state index in [2.05, 4.69) is 19.1 Å². The van der Waals surface area contributed by atoms with Gasteiger partial charge in [0.25, 0.3) is 5.91 Å². The number of aromatic nitrogens is 1. The van der Waals surface area contributed by atoms with Gasteiger partial charge in [0.05, 0.1) is 27.7 Å². The van der Waals surface area contributed by atoms with Gasteiger partial charge in [0, 0.05) is 6.61 Å². The molecule has 1 fully saturated rings. The van der Waals surface area contributed by atoms with E-state index in [0.29, 0.717) is 6.54 Å². The molecule has 1 aliphatic rings. The molecule has 4 nitrogen and oxygen atoms in total. The van der Waals surface area contributed by atoms with Crippen LogP contribution in [0.5, 0.6) is 0 Å². The summed E-state index contributed by atoms with van der Waals surface area (Å²) in [5, 5.41) is 2.69. The van der Waals surface area contributed by atoms with Crippen LogP contribution in [-0.2, 0) is 4.74 Å². The molecule has 24 heavy (non-hydrogen) atoms. The predicted molar refractivity (Wildman–Crippen MR) is 99.3 cm³/mol. The number of carbonyl (C=O) groups excluding carboxylic acids is 1. The van der Waals surface area contributed by atoms with Crippen molar-refractivity contribution in [3.8, 4) is 0 Å². The van der Waals surface area contributed by atoms with E-state index in [1.165, 1.54) is 11.3 Å². The second-order valence-corrected chi connectivity index (χ2v) is 7.90. The number of rotatable bonds is 4. The van der Waals surface area contributed by atoms with E-state index in [0.717, 1.165) is 45.2 Å². The third kappa shape index (κ3) is 2.97. The maximum atomic E-state index is 13.0. The third-order valence-corrected chi connectivity index (χ3v) is 6.13. The van der Waals surface area contributed by atoms with Gasteiger partial charge in [-0.3, -0.25) is 9.69 Å². The van der Waals surface area contributed by atoms with Crippen molar-refractivity contribution in [3.63, 3.8) is 0 Å². The highest BCUT2D eigenvalue weighted by atomic mass is 32.1. The lowest BCUT2D eigenvalue weighted by Crippen LogP contribution is -2.37. The average molecular weight is 358 g/mol. The number of hydrogen-bond acceptors (Lipinski definition) is 5. The first-order valence-electron chi connectivity index (χ1n) is 8.05. The van der Waals surface area contributed by atoms with Crippen molar-refractivity contribution in [2.75, 3.05) is 18.1 Å². The van der Waals surface area contributed by atoms with Gasteiger partial charge in [-0.15, -0.1) is 11.3 Å². The monoisotopic (exact) mass is 358 g/mol. The molecule has 0 spiro atoms. The number of aryl methyl sites for hydroxylation is 1. The van der Waals surface area contributed by atoms with Crippen molar-refractivity contribution in [3.05, 3.63) is 46.2 Å². The van der Waals surface area contributed by atoms with Gasteiger partial charge in [-0.2, -0.15) is 0 Å². The Balaban J connectivity index is 1.72. The van der Waals surface area contributed by atoms with E-state index in [9.17, 15) is 4.79 Å². The van der Waals surface area contributed by atoms with E-state index in [1.807, 2.05) is 23.6 Å². The lowest BCUT2D eigenvalue weighted by Gasteiger charge is -2.22. The molecule has 3 heterocycles. The quantitative estimate of drug-likeness (QED) is 0.690. The molecule has 1 unspecified atom stereocenters. The molecule has 0 radical (unpaired) electrons. The molecule has 0 bridgehead atoms. The molecule has 6 heteroatoms. The number of amides is 1. The van der Waals surface area contributed by atoms with Gasteiger partial charge in [-0.05, 0) is 42.8 Å². The van der Waals surface area contributed by atoms with E-state index < -0.39 is 0 Å². The predicted octanol–water partition coefficient (Wildman–Crippen LogP) is 4.49. The molecule has 1 atom stereocenters. The number of ether oxygens (including phenoxy) is 1. The van der Waals surface area contributed by atoms with Crippen molar-refractivity contribution in [1.82, 2.24) is 4.98 Å². The summed E-state index contributed by atoms with van der Waals surface area (Å²) < 4.78 is 6.87. The number of nitrogens with zero attached hydrogens (tertiary/aromatic N) is 2. The third-order valence-electron chi connectivity index (χ3n) is 4.23. The Morgan fingerprint density at radius 2 is 2.29 bits per heavy atom. The van der Waals surface area contributed by atoms with Crippen molar-refractivity contribution >= 4 is 43.9 Å². The molecular formula is C18H18N2O2S2. The molecule has 2 aromatic heterocycles. The highest BCUT2D eigenvalue weighted by Gasteiger charge is 2.27. The Bertz CT molecular complexity index is 851. The zero-order chi connectivity index (χ0) is 16.5. The second-order valence-electron chi connectivity index (χ2n) is 5.95. The zero-order valence-corrected chi connectivity index (χ0v) is 15.0. The highest BCUT2D eigenvalue weighted by molar-refractivity contribution is 7.22. The first-order valence-corrected chi connectivity index (χ1v) is 9.75. The first kappa shape index (κ1) is 15.7. The van der Waals surface area contributed by atoms with Crippen molar-refractivity contribution in [2.45, 2.75) is 25.9 Å². The Morgan fingerprint density at radius 3 is 3.00 bits per heavy atom. The number of thiophene rings is 1. The Hall–Kier alpha value is -1.76. The Kier molecular flexibility index (Phi) is 4.35. The molecule has 1 amide bonds. The number of benzene rings is 1. The molecule has 1 aromatic carbocycles. The maximum absolute atomic E-state index is 13.0. The molecule has 4 rings (SSSR count).